The van der Waals surface area contributed by atoms with Crippen LogP contribution in [0.1, 0.15) is 39.0 Å². The van der Waals surface area contributed by atoms with Crippen molar-refractivity contribution in [2.24, 2.45) is 4.99 Å². The van der Waals surface area contributed by atoms with Gasteiger partial charge in [0.1, 0.15) is 11.9 Å². The molecule has 0 unspecified atom stereocenters. The molecule has 2 aliphatic rings. The summed E-state index contributed by atoms with van der Waals surface area (Å²) in [5, 5.41) is 13.1. The lowest BCUT2D eigenvalue weighted by molar-refractivity contribution is 0.0824. The van der Waals surface area contributed by atoms with E-state index in [2.05, 4.69) is 22.0 Å². The summed E-state index contributed by atoms with van der Waals surface area (Å²) in [6, 6.07) is 10.1. The molecule has 0 aliphatic carbocycles. The zero-order chi connectivity index (χ0) is 19.6. The number of hydrogen-bond donors (Lipinski definition) is 2. The first-order chi connectivity index (χ1) is 13.7. The molecule has 29 heavy (non-hydrogen) atoms. The molecule has 7 heteroatoms. The van der Waals surface area contributed by atoms with Gasteiger partial charge in [-0.15, -0.1) is 24.0 Å². The Labute approximate surface area is 192 Å². The van der Waals surface area contributed by atoms with E-state index in [0.717, 1.165) is 89.6 Å². The number of benzene rings is 1. The Morgan fingerprint density at radius 2 is 1.79 bits per heavy atom. The van der Waals surface area contributed by atoms with Crippen LogP contribution in [0.3, 0.4) is 0 Å². The SMILES string of the molecule is CCNC(=NCCCN1CCC(O)CC1)N1CCC(Oc2ccccc2)CC1.I. The van der Waals surface area contributed by atoms with Crippen LogP contribution in [0, 0.1) is 0 Å². The fraction of sp³-hybridized carbons (Fsp3) is 0.682. The van der Waals surface area contributed by atoms with Gasteiger partial charge in [-0.1, -0.05) is 18.2 Å². The molecule has 0 saturated carbocycles. The van der Waals surface area contributed by atoms with Gasteiger partial charge in [-0.2, -0.15) is 0 Å². The fourth-order valence-corrected chi connectivity index (χ4v) is 3.93. The van der Waals surface area contributed by atoms with Crippen molar-refractivity contribution in [2.75, 3.05) is 45.8 Å². The largest absolute Gasteiger partial charge is 0.490 e. The third-order valence-corrected chi connectivity index (χ3v) is 5.57. The smallest absolute Gasteiger partial charge is 0.193 e. The van der Waals surface area contributed by atoms with Gasteiger partial charge in [-0.3, -0.25) is 4.99 Å². The summed E-state index contributed by atoms with van der Waals surface area (Å²) in [6.45, 7) is 8.92. The number of guanidine groups is 1. The quantitative estimate of drug-likeness (QED) is 0.253. The molecule has 1 aromatic carbocycles. The van der Waals surface area contributed by atoms with E-state index in [1.165, 1.54) is 0 Å². The van der Waals surface area contributed by atoms with Gasteiger partial charge in [-0.05, 0) is 44.9 Å². The molecule has 0 amide bonds. The van der Waals surface area contributed by atoms with Crippen LogP contribution in [-0.4, -0.2) is 78.9 Å². The Bertz CT molecular complexity index is 586. The van der Waals surface area contributed by atoms with Crippen molar-refractivity contribution >= 4 is 29.9 Å². The molecule has 0 bridgehead atoms. The summed E-state index contributed by atoms with van der Waals surface area (Å²) in [7, 11) is 0. The highest BCUT2D eigenvalue weighted by Gasteiger charge is 2.22. The molecule has 3 rings (SSSR count). The maximum absolute atomic E-state index is 9.60. The third kappa shape index (κ3) is 8.30. The summed E-state index contributed by atoms with van der Waals surface area (Å²) < 4.78 is 6.11. The number of aliphatic hydroxyl groups excluding tert-OH is 1. The minimum Gasteiger partial charge on any atom is -0.490 e. The zero-order valence-electron chi connectivity index (χ0n) is 17.6. The predicted molar refractivity (Wildman–Crippen MR) is 129 cm³/mol. The summed E-state index contributed by atoms with van der Waals surface area (Å²) in [5.74, 6) is 2.00. The zero-order valence-corrected chi connectivity index (χ0v) is 20.0. The number of nitrogens with zero attached hydrogens (tertiary/aromatic N) is 3. The van der Waals surface area contributed by atoms with E-state index in [-0.39, 0.29) is 36.2 Å². The van der Waals surface area contributed by atoms with Gasteiger partial charge >= 0.3 is 0 Å². The lowest BCUT2D eigenvalue weighted by atomic mass is 10.1. The maximum Gasteiger partial charge on any atom is 0.193 e. The highest BCUT2D eigenvalue weighted by atomic mass is 127. The molecule has 2 fully saturated rings. The minimum absolute atomic E-state index is 0. The summed E-state index contributed by atoms with van der Waals surface area (Å²) in [4.78, 5) is 9.67. The normalized spacial score (nSPS) is 19.7. The topological polar surface area (TPSA) is 60.3 Å². The highest BCUT2D eigenvalue weighted by Crippen LogP contribution is 2.18. The van der Waals surface area contributed by atoms with Gasteiger partial charge in [0, 0.05) is 52.1 Å². The van der Waals surface area contributed by atoms with Crippen molar-refractivity contribution in [3.05, 3.63) is 30.3 Å². The van der Waals surface area contributed by atoms with E-state index in [0.29, 0.717) is 0 Å². The number of piperidine rings is 2. The maximum atomic E-state index is 9.60. The van der Waals surface area contributed by atoms with Crippen molar-refractivity contribution < 1.29 is 9.84 Å². The number of hydrogen-bond acceptors (Lipinski definition) is 4. The Hall–Kier alpha value is -1.06. The molecular weight excluding hydrogens is 479 g/mol. The van der Waals surface area contributed by atoms with Crippen LogP contribution >= 0.6 is 24.0 Å². The van der Waals surface area contributed by atoms with Gasteiger partial charge in [0.05, 0.1) is 6.10 Å². The van der Waals surface area contributed by atoms with Gasteiger partial charge in [0.2, 0.25) is 0 Å². The third-order valence-electron chi connectivity index (χ3n) is 5.57. The summed E-state index contributed by atoms with van der Waals surface area (Å²) in [6.07, 6.45) is 5.13. The van der Waals surface area contributed by atoms with Crippen LogP contribution in [0.5, 0.6) is 5.75 Å². The number of aliphatic imine (C=N–C) groups is 1. The number of para-hydroxylation sites is 1. The summed E-state index contributed by atoms with van der Waals surface area (Å²) >= 11 is 0. The molecule has 2 heterocycles. The van der Waals surface area contributed by atoms with Crippen molar-refractivity contribution in [2.45, 2.75) is 51.2 Å². The van der Waals surface area contributed by atoms with Gasteiger partial charge in [-0.25, -0.2) is 0 Å². The Morgan fingerprint density at radius 3 is 2.45 bits per heavy atom. The molecule has 164 valence electrons. The molecule has 6 nitrogen and oxygen atoms in total. The first kappa shape index (κ1) is 24.2. The molecule has 2 aliphatic heterocycles. The average molecular weight is 516 g/mol. The number of halogens is 1. The van der Waals surface area contributed by atoms with Gasteiger partial charge in [0.15, 0.2) is 5.96 Å². The van der Waals surface area contributed by atoms with Crippen LogP contribution in [0.2, 0.25) is 0 Å². The number of rotatable bonds is 7. The number of aliphatic hydroxyl groups is 1. The molecule has 0 radical (unpaired) electrons. The van der Waals surface area contributed by atoms with Crippen molar-refractivity contribution in [1.29, 1.82) is 0 Å². The van der Waals surface area contributed by atoms with Crippen LogP contribution in [0.15, 0.2) is 35.3 Å². The molecule has 0 aromatic heterocycles. The first-order valence-corrected chi connectivity index (χ1v) is 10.9. The number of likely N-dealkylation sites (tertiary alicyclic amines) is 2. The van der Waals surface area contributed by atoms with Crippen molar-refractivity contribution in [3.8, 4) is 5.75 Å². The highest BCUT2D eigenvalue weighted by molar-refractivity contribution is 14.0. The van der Waals surface area contributed by atoms with E-state index in [1.54, 1.807) is 0 Å². The van der Waals surface area contributed by atoms with Gasteiger partial charge < -0.3 is 25.0 Å². The molecule has 2 saturated heterocycles. The number of ether oxygens (including phenoxy) is 1. The van der Waals surface area contributed by atoms with E-state index < -0.39 is 0 Å². The van der Waals surface area contributed by atoms with E-state index in [1.807, 2.05) is 30.3 Å². The molecule has 1 aromatic rings. The van der Waals surface area contributed by atoms with E-state index >= 15 is 0 Å². The van der Waals surface area contributed by atoms with Gasteiger partial charge in [0.25, 0.3) is 0 Å². The van der Waals surface area contributed by atoms with E-state index in [9.17, 15) is 5.11 Å². The van der Waals surface area contributed by atoms with Crippen LogP contribution in [-0.2, 0) is 0 Å². The minimum atomic E-state index is -0.0941. The second kappa shape index (κ2) is 13.3. The predicted octanol–water partition coefficient (Wildman–Crippen LogP) is 2.96. The second-order valence-electron chi connectivity index (χ2n) is 7.78. The number of nitrogens with one attached hydrogen (secondary N) is 1. The molecule has 2 N–H and O–H groups in total. The Morgan fingerprint density at radius 1 is 1.10 bits per heavy atom. The second-order valence-corrected chi connectivity index (χ2v) is 7.78. The lowest BCUT2D eigenvalue weighted by Gasteiger charge is -2.34. The average Bonchev–Trinajstić information content (AvgIpc) is 2.73. The fourth-order valence-electron chi connectivity index (χ4n) is 3.93. The van der Waals surface area contributed by atoms with Crippen LogP contribution in [0.25, 0.3) is 0 Å². The van der Waals surface area contributed by atoms with Crippen LogP contribution < -0.4 is 10.1 Å². The van der Waals surface area contributed by atoms with Crippen LogP contribution in [0.4, 0.5) is 0 Å². The lowest BCUT2D eigenvalue weighted by Crippen LogP contribution is -2.47. The van der Waals surface area contributed by atoms with Crippen molar-refractivity contribution in [3.63, 3.8) is 0 Å². The first-order valence-electron chi connectivity index (χ1n) is 10.9. The molecule has 0 spiro atoms. The monoisotopic (exact) mass is 516 g/mol. The molecule has 0 atom stereocenters. The molecular formula is C22H37IN4O2. The van der Waals surface area contributed by atoms with E-state index in [4.69, 9.17) is 9.73 Å². The summed E-state index contributed by atoms with van der Waals surface area (Å²) in [5.41, 5.74) is 0. The Balaban J connectivity index is 0.00000300. The Kier molecular flexibility index (Phi) is 11.1. The standard InChI is InChI=1S/C22H36N4O2.HI/c1-2-23-22(24-13-6-14-25-15-9-19(27)10-16-25)26-17-11-21(12-18-26)28-20-7-4-3-5-8-20;/h3-5,7-8,19,21,27H,2,6,9-18H2,1H3,(H,23,24);1H. The van der Waals surface area contributed by atoms with Crippen molar-refractivity contribution in [1.82, 2.24) is 15.1 Å².